The van der Waals surface area contributed by atoms with Crippen LogP contribution in [0.1, 0.15) is 18.8 Å². The van der Waals surface area contributed by atoms with Gasteiger partial charge in [0.2, 0.25) is 10.0 Å². The molecular weight excluding hydrogens is 316 g/mol. The third-order valence-corrected chi connectivity index (χ3v) is 4.99. The summed E-state index contributed by atoms with van der Waals surface area (Å²) in [5.41, 5.74) is 0.665. The number of rotatable bonds is 5. The zero-order chi connectivity index (χ0) is 16.4. The van der Waals surface area contributed by atoms with Gasteiger partial charge < -0.3 is 4.74 Å². The van der Waals surface area contributed by atoms with Crippen molar-refractivity contribution in [2.24, 2.45) is 0 Å². The van der Waals surface area contributed by atoms with Gasteiger partial charge in [0.15, 0.2) is 11.5 Å². The fraction of sp³-hybridized carbons (Fsp3) is 0.200. The zero-order valence-electron chi connectivity index (χ0n) is 12.7. The zero-order valence-corrected chi connectivity index (χ0v) is 13.5. The number of fused-ring (bicyclic) bond motifs is 1. The van der Waals surface area contributed by atoms with E-state index >= 15 is 0 Å². The molecule has 8 heteroatoms. The first-order valence-corrected chi connectivity index (χ1v) is 8.45. The normalized spacial score (nSPS) is 13.1. The number of nitrogens with zero attached hydrogens (tertiary/aromatic N) is 3. The number of ether oxygens (including phenoxy) is 1. The Labute approximate surface area is 134 Å². The highest BCUT2D eigenvalue weighted by Gasteiger charge is 2.21. The van der Waals surface area contributed by atoms with Gasteiger partial charge in [-0.3, -0.25) is 4.40 Å². The first-order valence-electron chi connectivity index (χ1n) is 6.97. The van der Waals surface area contributed by atoms with Crippen LogP contribution >= 0.6 is 0 Å². The van der Waals surface area contributed by atoms with E-state index in [4.69, 9.17) is 4.74 Å². The van der Waals surface area contributed by atoms with E-state index in [9.17, 15) is 8.42 Å². The number of hydrogen-bond acceptors (Lipinski definition) is 5. The highest BCUT2D eigenvalue weighted by Crippen LogP contribution is 2.19. The van der Waals surface area contributed by atoms with Crippen molar-refractivity contribution < 1.29 is 13.2 Å². The Morgan fingerprint density at radius 1 is 1.13 bits per heavy atom. The van der Waals surface area contributed by atoms with Crippen molar-refractivity contribution >= 4 is 15.7 Å². The van der Waals surface area contributed by atoms with Crippen LogP contribution in [-0.2, 0) is 10.0 Å². The van der Waals surface area contributed by atoms with Crippen LogP contribution in [0.5, 0.6) is 5.75 Å². The monoisotopic (exact) mass is 332 g/mol. The van der Waals surface area contributed by atoms with E-state index in [0.717, 1.165) is 0 Å². The molecule has 0 amide bonds. The molecule has 0 aliphatic heterocycles. The smallest absolute Gasteiger partial charge is 0.241 e. The van der Waals surface area contributed by atoms with E-state index in [0.29, 0.717) is 17.2 Å². The number of nitrogens with one attached hydrogen (secondary N) is 1. The summed E-state index contributed by atoms with van der Waals surface area (Å²) in [5.74, 6) is 1.12. The van der Waals surface area contributed by atoms with Crippen molar-refractivity contribution in [3.63, 3.8) is 0 Å². The van der Waals surface area contributed by atoms with Crippen LogP contribution < -0.4 is 9.46 Å². The Kier molecular flexibility index (Phi) is 4.01. The van der Waals surface area contributed by atoms with E-state index in [2.05, 4.69) is 14.9 Å². The van der Waals surface area contributed by atoms with Crippen molar-refractivity contribution in [2.75, 3.05) is 7.11 Å². The van der Waals surface area contributed by atoms with Gasteiger partial charge in [-0.05, 0) is 43.3 Å². The molecule has 1 aromatic carbocycles. The maximum Gasteiger partial charge on any atom is 0.241 e. The average Bonchev–Trinajstić information content (AvgIpc) is 2.98. The molecular formula is C15H16N4O3S. The third-order valence-electron chi connectivity index (χ3n) is 3.43. The molecule has 0 spiro atoms. The molecule has 0 saturated carbocycles. The summed E-state index contributed by atoms with van der Waals surface area (Å²) in [5, 5.41) is 8.09. The van der Waals surface area contributed by atoms with Gasteiger partial charge in [-0.2, -0.15) is 0 Å². The second-order valence-corrected chi connectivity index (χ2v) is 6.72. The molecule has 0 aliphatic carbocycles. The van der Waals surface area contributed by atoms with Crippen molar-refractivity contribution in [3.05, 3.63) is 54.5 Å². The second-order valence-electron chi connectivity index (χ2n) is 5.01. The van der Waals surface area contributed by atoms with Gasteiger partial charge in [0, 0.05) is 6.20 Å². The molecule has 23 heavy (non-hydrogen) atoms. The fourth-order valence-electron chi connectivity index (χ4n) is 2.26. The summed E-state index contributed by atoms with van der Waals surface area (Å²) in [6.07, 6.45) is 1.79. The predicted octanol–water partition coefficient (Wildman–Crippen LogP) is 1.78. The van der Waals surface area contributed by atoms with Crippen molar-refractivity contribution in [1.82, 2.24) is 19.3 Å². The lowest BCUT2D eigenvalue weighted by Gasteiger charge is -2.13. The van der Waals surface area contributed by atoms with E-state index < -0.39 is 16.1 Å². The van der Waals surface area contributed by atoms with Crippen LogP contribution in [0.25, 0.3) is 5.65 Å². The van der Waals surface area contributed by atoms with Crippen molar-refractivity contribution in [3.8, 4) is 5.75 Å². The molecule has 0 aliphatic rings. The van der Waals surface area contributed by atoms with E-state index in [1.807, 2.05) is 12.1 Å². The molecule has 3 aromatic rings. The maximum atomic E-state index is 12.5. The first-order chi connectivity index (χ1) is 11.0. The summed E-state index contributed by atoms with van der Waals surface area (Å²) in [6, 6.07) is 11.2. The lowest BCUT2D eigenvalue weighted by Crippen LogP contribution is -2.28. The molecule has 120 valence electrons. The van der Waals surface area contributed by atoms with Gasteiger partial charge in [-0.1, -0.05) is 6.07 Å². The van der Waals surface area contributed by atoms with Crippen molar-refractivity contribution in [1.29, 1.82) is 0 Å². The molecule has 1 atom stereocenters. The minimum absolute atomic E-state index is 0.166. The molecule has 0 radical (unpaired) electrons. The van der Waals surface area contributed by atoms with Gasteiger partial charge in [0.1, 0.15) is 5.75 Å². The van der Waals surface area contributed by atoms with Crippen molar-refractivity contribution in [2.45, 2.75) is 17.9 Å². The summed E-state index contributed by atoms with van der Waals surface area (Å²) < 4.78 is 34.3. The lowest BCUT2D eigenvalue weighted by atomic mass is 10.3. The van der Waals surface area contributed by atoms with Crippen LogP contribution in [0.3, 0.4) is 0 Å². The number of aromatic nitrogens is 3. The fourth-order valence-corrected chi connectivity index (χ4v) is 3.46. The van der Waals surface area contributed by atoms with Crippen LogP contribution in [0, 0.1) is 0 Å². The van der Waals surface area contributed by atoms with Crippen LogP contribution in [0.2, 0.25) is 0 Å². The molecule has 7 nitrogen and oxygen atoms in total. The maximum absolute atomic E-state index is 12.5. The van der Waals surface area contributed by atoms with Crippen LogP contribution in [-0.4, -0.2) is 30.1 Å². The molecule has 1 unspecified atom stereocenters. The lowest BCUT2D eigenvalue weighted by molar-refractivity contribution is 0.414. The van der Waals surface area contributed by atoms with Gasteiger partial charge in [0.25, 0.3) is 0 Å². The minimum Gasteiger partial charge on any atom is -0.497 e. The Bertz CT molecular complexity index is 919. The molecule has 1 N–H and O–H groups in total. The minimum atomic E-state index is -3.67. The van der Waals surface area contributed by atoms with Crippen LogP contribution in [0.15, 0.2) is 53.6 Å². The number of benzene rings is 1. The van der Waals surface area contributed by atoms with E-state index in [-0.39, 0.29) is 4.90 Å². The standard InChI is InChI=1S/C15H16N4O3S/c1-11(15-17-16-14-5-3-4-10-19(14)15)18-23(20,21)13-8-6-12(22-2)7-9-13/h3-11,18H,1-2H3. The molecule has 0 bridgehead atoms. The number of methoxy groups -OCH3 is 1. The molecule has 0 fully saturated rings. The molecule has 2 heterocycles. The summed E-state index contributed by atoms with van der Waals surface area (Å²) in [4.78, 5) is 0.166. The largest absolute Gasteiger partial charge is 0.497 e. The number of pyridine rings is 1. The van der Waals surface area contributed by atoms with Gasteiger partial charge in [0.05, 0.1) is 18.0 Å². The van der Waals surface area contributed by atoms with Crippen LogP contribution in [0.4, 0.5) is 0 Å². The SMILES string of the molecule is COc1ccc(S(=O)(=O)NC(C)c2nnc3ccccn23)cc1. The number of hydrogen-bond donors (Lipinski definition) is 1. The van der Waals surface area contributed by atoms with Gasteiger partial charge >= 0.3 is 0 Å². The molecule has 2 aromatic heterocycles. The Morgan fingerprint density at radius 3 is 2.57 bits per heavy atom. The average molecular weight is 332 g/mol. The molecule has 0 saturated heterocycles. The Hall–Kier alpha value is -2.45. The number of sulfonamides is 1. The highest BCUT2D eigenvalue weighted by molar-refractivity contribution is 7.89. The summed E-state index contributed by atoms with van der Waals surface area (Å²) >= 11 is 0. The van der Waals surface area contributed by atoms with Gasteiger partial charge in [-0.15, -0.1) is 10.2 Å². The summed E-state index contributed by atoms with van der Waals surface area (Å²) in [7, 11) is -2.14. The first kappa shape index (κ1) is 15.4. The second kappa shape index (κ2) is 5.98. The molecule has 3 rings (SSSR count). The van der Waals surface area contributed by atoms with E-state index in [1.54, 1.807) is 35.7 Å². The quantitative estimate of drug-likeness (QED) is 0.770. The third kappa shape index (κ3) is 3.03. The van der Waals surface area contributed by atoms with Gasteiger partial charge in [-0.25, -0.2) is 13.1 Å². The highest BCUT2D eigenvalue weighted by atomic mass is 32.2. The summed E-state index contributed by atoms with van der Waals surface area (Å²) in [6.45, 7) is 1.73. The predicted molar refractivity (Wildman–Crippen MR) is 84.7 cm³/mol. The Balaban J connectivity index is 1.87. The Morgan fingerprint density at radius 2 is 1.87 bits per heavy atom. The van der Waals surface area contributed by atoms with E-state index in [1.165, 1.54) is 19.2 Å². The topological polar surface area (TPSA) is 85.6 Å².